The lowest BCUT2D eigenvalue weighted by Crippen LogP contribution is -2.48. The fraction of sp³-hybridized carbons (Fsp3) is 0.700. The second-order valence-electron chi connectivity index (χ2n) is 8.98. The molecule has 0 spiro atoms. The number of likely N-dealkylation sites (tertiary alicyclic amines) is 1. The Morgan fingerprint density at radius 2 is 2.00 bits per heavy atom. The summed E-state index contributed by atoms with van der Waals surface area (Å²) in [5.41, 5.74) is 4.65. The number of carbonyl (C=O) groups is 2. The van der Waals surface area contributed by atoms with Crippen LogP contribution in [0.1, 0.15) is 48.9 Å². The van der Waals surface area contributed by atoms with Crippen molar-refractivity contribution in [2.24, 2.45) is 23.5 Å². The molecular formula is C20H25F3N6O2. The number of rotatable bonds is 7. The van der Waals surface area contributed by atoms with Gasteiger partial charge in [0.25, 0.3) is 5.91 Å². The van der Waals surface area contributed by atoms with Gasteiger partial charge >= 0.3 is 6.18 Å². The van der Waals surface area contributed by atoms with E-state index in [0.717, 1.165) is 19.3 Å². The van der Waals surface area contributed by atoms with Crippen molar-refractivity contribution in [3.8, 4) is 6.07 Å². The van der Waals surface area contributed by atoms with Crippen LogP contribution in [-0.2, 0) is 10.3 Å². The number of primary amides is 1. The fourth-order valence-electron chi connectivity index (χ4n) is 4.68. The maximum Gasteiger partial charge on any atom is 0.401 e. The minimum atomic E-state index is -4.29. The zero-order valence-corrected chi connectivity index (χ0v) is 17.0. The Morgan fingerprint density at radius 3 is 2.55 bits per heavy atom. The van der Waals surface area contributed by atoms with E-state index in [-0.39, 0.29) is 55.6 Å². The molecule has 31 heavy (non-hydrogen) atoms. The lowest BCUT2D eigenvalue weighted by atomic mass is 9.85. The molecule has 1 saturated heterocycles. The minimum absolute atomic E-state index is 0.0203. The molecular weight excluding hydrogens is 413 g/mol. The zero-order chi connectivity index (χ0) is 22.4. The number of amides is 2. The molecule has 2 aliphatic carbocycles. The van der Waals surface area contributed by atoms with E-state index in [1.165, 1.54) is 15.8 Å². The van der Waals surface area contributed by atoms with Crippen LogP contribution in [0, 0.1) is 29.1 Å². The number of nitrogens with two attached hydrogens (primary N) is 1. The molecule has 1 aromatic rings. The Labute approximate surface area is 177 Å². The van der Waals surface area contributed by atoms with Gasteiger partial charge in [-0.05, 0) is 43.9 Å². The Bertz CT molecular complexity index is 909. The summed E-state index contributed by atoms with van der Waals surface area (Å²) in [5.74, 6) is 0.00873. The molecule has 2 saturated carbocycles. The first-order chi connectivity index (χ1) is 14.6. The molecule has 0 bridgehead atoms. The van der Waals surface area contributed by atoms with E-state index in [1.54, 1.807) is 0 Å². The number of hydrogen-bond acceptors (Lipinski definition) is 5. The number of carbonyl (C=O) groups excluding carboxylic acids is 2. The molecule has 2 heterocycles. The van der Waals surface area contributed by atoms with Gasteiger partial charge < -0.3 is 11.1 Å². The lowest BCUT2D eigenvalue weighted by molar-refractivity contribution is -0.150. The number of piperidine rings is 1. The third kappa shape index (κ3) is 4.69. The molecule has 0 radical (unpaired) electrons. The van der Waals surface area contributed by atoms with Crippen LogP contribution in [0.25, 0.3) is 0 Å². The van der Waals surface area contributed by atoms with Gasteiger partial charge in [0.15, 0.2) is 5.82 Å². The van der Waals surface area contributed by atoms with Crippen LogP contribution in [0.5, 0.6) is 0 Å². The van der Waals surface area contributed by atoms with Crippen molar-refractivity contribution in [2.45, 2.75) is 50.2 Å². The van der Waals surface area contributed by atoms with Crippen molar-refractivity contribution in [2.75, 3.05) is 25.0 Å². The predicted octanol–water partition coefficient (Wildman–Crippen LogP) is 2.23. The number of anilines is 1. The van der Waals surface area contributed by atoms with E-state index in [9.17, 15) is 28.0 Å². The van der Waals surface area contributed by atoms with Gasteiger partial charge in [-0.25, -0.2) is 0 Å². The first-order valence-corrected chi connectivity index (χ1v) is 10.5. The van der Waals surface area contributed by atoms with E-state index < -0.39 is 24.2 Å². The Hall–Kier alpha value is -2.61. The Balaban J connectivity index is 1.51. The molecule has 4 rings (SSSR count). The first-order valence-electron chi connectivity index (χ1n) is 10.5. The topological polar surface area (TPSA) is 117 Å². The van der Waals surface area contributed by atoms with E-state index in [2.05, 4.69) is 16.5 Å². The van der Waals surface area contributed by atoms with Crippen LogP contribution in [0.15, 0.2) is 6.20 Å². The van der Waals surface area contributed by atoms with E-state index in [4.69, 9.17) is 5.73 Å². The monoisotopic (exact) mass is 438 g/mol. The highest BCUT2D eigenvalue weighted by Crippen LogP contribution is 2.54. The lowest BCUT2D eigenvalue weighted by Gasteiger charge is -2.40. The van der Waals surface area contributed by atoms with Gasteiger partial charge in [0, 0.05) is 25.2 Å². The summed E-state index contributed by atoms with van der Waals surface area (Å²) in [4.78, 5) is 25.8. The van der Waals surface area contributed by atoms with Gasteiger partial charge in [0.1, 0.15) is 5.56 Å². The molecule has 3 aliphatic rings. The minimum Gasteiger partial charge on any atom is -0.365 e. The van der Waals surface area contributed by atoms with Gasteiger partial charge in [-0.3, -0.25) is 19.2 Å². The highest BCUT2D eigenvalue weighted by Gasteiger charge is 2.51. The molecule has 2 atom stereocenters. The predicted molar refractivity (Wildman–Crippen MR) is 104 cm³/mol. The maximum absolute atomic E-state index is 12.7. The van der Waals surface area contributed by atoms with E-state index >= 15 is 0 Å². The summed E-state index contributed by atoms with van der Waals surface area (Å²) in [5, 5.41) is 16.4. The van der Waals surface area contributed by atoms with Gasteiger partial charge in [-0.1, -0.05) is 0 Å². The number of nitrogens with one attached hydrogen (secondary N) is 1. The molecule has 3 N–H and O–H groups in total. The fourth-order valence-corrected chi connectivity index (χ4v) is 4.68. The molecule has 2 unspecified atom stereocenters. The van der Waals surface area contributed by atoms with Crippen molar-refractivity contribution < 1.29 is 22.8 Å². The number of hydrogen-bond donors (Lipinski definition) is 2. The van der Waals surface area contributed by atoms with Crippen molar-refractivity contribution in [3.05, 3.63) is 11.8 Å². The summed E-state index contributed by atoms with van der Waals surface area (Å²) >= 11 is 0. The molecule has 2 amide bonds. The van der Waals surface area contributed by atoms with Crippen LogP contribution < -0.4 is 11.1 Å². The quantitative estimate of drug-likeness (QED) is 0.677. The molecule has 1 aromatic heterocycles. The van der Waals surface area contributed by atoms with Crippen LogP contribution in [0.3, 0.4) is 0 Å². The van der Waals surface area contributed by atoms with Gasteiger partial charge in [0.2, 0.25) is 5.91 Å². The van der Waals surface area contributed by atoms with Crippen molar-refractivity contribution in [1.29, 1.82) is 5.26 Å². The van der Waals surface area contributed by atoms with Crippen LogP contribution in [0.2, 0.25) is 0 Å². The van der Waals surface area contributed by atoms with Gasteiger partial charge in [-0.2, -0.15) is 23.5 Å². The van der Waals surface area contributed by atoms with Gasteiger partial charge in [0.05, 0.1) is 24.6 Å². The third-order valence-corrected chi connectivity index (χ3v) is 6.71. The number of aromatic nitrogens is 2. The molecule has 8 nitrogen and oxygen atoms in total. The second-order valence-corrected chi connectivity index (χ2v) is 8.98. The number of halogens is 3. The van der Waals surface area contributed by atoms with Crippen molar-refractivity contribution in [3.63, 3.8) is 0 Å². The van der Waals surface area contributed by atoms with E-state index in [1.807, 2.05) is 0 Å². The summed E-state index contributed by atoms with van der Waals surface area (Å²) in [6, 6.07) is 2.09. The average molecular weight is 438 g/mol. The zero-order valence-electron chi connectivity index (χ0n) is 17.0. The van der Waals surface area contributed by atoms with Crippen LogP contribution >= 0.6 is 0 Å². The smallest absolute Gasteiger partial charge is 0.365 e. The normalized spacial score (nSPS) is 25.6. The highest BCUT2D eigenvalue weighted by atomic mass is 19.4. The van der Waals surface area contributed by atoms with Crippen LogP contribution in [0.4, 0.5) is 19.0 Å². The molecule has 3 fully saturated rings. The standard InChI is InChI=1S/C20H25F3N6O2/c21-20(22,23)11-28-7-4-19(3-6-24,5-8-28)29-10-15(16(25)30)17(27-29)26-18(31)14-9-13(14)12-1-2-12/h10,12-14H,1-5,7-9,11H2,(H2,25,30)(H,26,27,31). The maximum atomic E-state index is 12.7. The summed E-state index contributed by atoms with van der Waals surface area (Å²) < 4.78 is 39.6. The summed E-state index contributed by atoms with van der Waals surface area (Å²) in [7, 11) is 0. The highest BCUT2D eigenvalue weighted by molar-refractivity contribution is 6.02. The summed E-state index contributed by atoms with van der Waals surface area (Å²) in [6.45, 7) is -0.730. The van der Waals surface area contributed by atoms with Crippen molar-refractivity contribution in [1.82, 2.24) is 14.7 Å². The first kappa shape index (κ1) is 21.6. The average Bonchev–Trinajstić information content (AvgIpc) is 3.58. The Kier molecular flexibility index (Phi) is 5.45. The third-order valence-electron chi connectivity index (χ3n) is 6.71. The largest absolute Gasteiger partial charge is 0.401 e. The molecule has 1 aliphatic heterocycles. The van der Waals surface area contributed by atoms with Crippen LogP contribution in [-0.4, -0.2) is 52.3 Å². The number of nitrogens with zero attached hydrogens (tertiary/aromatic N) is 4. The summed E-state index contributed by atoms with van der Waals surface area (Å²) in [6.07, 6.45) is 0.781. The van der Waals surface area contributed by atoms with Crippen molar-refractivity contribution >= 4 is 17.6 Å². The van der Waals surface area contributed by atoms with Gasteiger partial charge in [-0.15, -0.1) is 0 Å². The molecule has 11 heteroatoms. The second kappa shape index (κ2) is 7.82. The molecule has 168 valence electrons. The number of alkyl halides is 3. The Morgan fingerprint density at radius 1 is 1.32 bits per heavy atom. The number of nitriles is 1. The SMILES string of the molecule is N#CCC1(n2cc(C(N)=O)c(NC(=O)C3CC3C3CC3)n2)CCN(CC(F)(F)F)CC1. The van der Waals surface area contributed by atoms with E-state index in [0.29, 0.717) is 11.8 Å². The molecule has 0 aromatic carbocycles.